The van der Waals surface area contributed by atoms with E-state index in [0.29, 0.717) is 17.1 Å². The van der Waals surface area contributed by atoms with Crippen molar-refractivity contribution >= 4 is 50.0 Å². The second-order valence-electron chi connectivity index (χ2n) is 7.99. The van der Waals surface area contributed by atoms with Crippen molar-refractivity contribution in [1.29, 1.82) is 0 Å². The summed E-state index contributed by atoms with van der Waals surface area (Å²) >= 11 is 7.30. The molecule has 0 saturated carbocycles. The van der Waals surface area contributed by atoms with Gasteiger partial charge in [-0.2, -0.15) is 18.2 Å². The van der Waals surface area contributed by atoms with E-state index in [1.807, 2.05) is 0 Å². The maximum absolute atomic E-state index is 13.4. The van der Waals surface area contributed by atoms with Crippen LogP contribution in [0.15, 0.2) is 41.4 Å². The standard InChI is InChI=1S/C22H20ClF3N2O5S2/c1-32-17-6-3-12(7-18(17)33-2)8-20(29)27-21-28(16-10-35(30,31)11-19(16)34-21)15-9-13(22(24,25)26)4-5-14(15)23/h3-7,9,16,19H,8,10-11H2,1-2H3/t16-,19+/m1/s1. The molecule has 2 saturated heterocycles. The first-order valence-corrected chi connectivity index (χ1v) is 13.3. The van der Waals surface area contributed by atoms with Crippen molar-refractivity contribution in [2.75, 3.05) is 30.6 Å². The summed E-state index contributed by atoms with van der Waals surface area (Å²) < 4.78 is 75.0. The first kappa shape index (κ1) is 25.6. The molecule has 4 rings (SSSR count). The fraction of sp³-hybridized carbons (Fsp3) is 0.364. The zero-order chi connectivity index (χ0) is 25.5. The van der Waals surface area contributed by atoms with Crippen LogP contribution >= 0.6 is 23.4 Å². The zero-order valence-electron chi connectivity index (χ0n) is 18.5. The van der Waals surface area contributed by atoms with Crippen LogP contribution in [-0.2, 0) is 27.2 Å². The van der Waals surface area contributed by atoms with Gasteiger partial charge in [0.25, 0.3) is 5.91 Å². The lowest BCUT2D eigenvalue weighted by Gasteiger charge is -2.26. The van der Waals surface area contributed by atoms with E-state index >= 15 is 0 Å². The number of hydrogen-bond acceptors (Lipinski definition) is 6. The number of nitrogens with zero attached hydrogens (tertiary/aromatic N) is 2. The molecule has 2 heterocycles. The number of ether oxygens (including phenoxy) is 2. The molecular formula is C22H20ClF3N2O5S2. The van der Waals surface area contributed by atoms with Gasteiger partial charge in [0.2, 0.25) is 0 Å². The third-order valence-corrected chi connectivity index (χ3v) is 9.15. The molecule has 1 amide bonds. The van der Waals surface area contributed by atoms with Crippen LogP contribution in [0.1, 0.15) is 11.1 Å². The van der Waals surface area contributed by atoms with Gasteiger partial charge >= 0.3 is 6.18 Å². The van der Waals surface area contributed by atoms with Crippen molar-refractivity contribution in [1.82, 2.24) is 0 Å². The van der Waals surface area contributed by atoms with Crippen LogP contribution in [0.25, 0.3) is 0 Å². The summed E-state index contributed by atoms with van der Waals surface area (Å²) in [6, 6.07) is 7.04. The quantitative estimate of drug-likeness (QED) is 0.553. The first-order valence-electron chi connectivity index (χ1n) is 10.3. The SMILES string of the molecule is COc1ccc(CC(=O)N=C2S[C@H]3CS(=O)(=O)C[C@H]3N2c2cc(C(F)(F)F)ccc2Cl)cc1OC. The number of carbonyl (C=O) groups excluding carboxylic acids is 1. The van der Waals surface area contributed by atoms with Gasteiger partial charge in [-0.05, 0) is 35.9 Å². The van der Waals surface area contributed by atoms with Crippen molar-refractivity contribution in [3.63, 3.8) is 0 Å². The number of aliphatic imine (C=N–C) groups is 1. The summed E-state index contributed by atoms with van der Waals surface area (Å²) in [7, 11) is -0.463. The largest absolute Gasteiger partial charge is 0.493 e. The van der Waals surface area contributed by atoms with Crippen LogP contribution in [-0.4, -0.2) is 56.5 Å². The van der Waals surface area contributed by atoms with Crippen LogP contribution in [0, 0.1) is 0 Å². The van der Waals surface area contributed by atoms with E-state index in [1.54, 1.807) is 18.2 Å². The number of amides is 1. The lowest BCUT2D eigenvalue weighted by Crippen LogP contribution is -2.38. The molecular weight excluding hydrogens is 529 g/mol. The van der Waals surface area contributed by atoms with Crippen LogP contribution in [0.3, 0.4) is 0 Å². The van der Waals surface area contributed by atoms with Crippen LogP contribution in [0.5, 0.6) is 11.5 Å². The summed E-state index contributed by atoms with van der Waals surface area (Å²) in [4.78, 5) is 18.3. The van der Waals surface area contributed by atoms with Gasteiger partial charge in [0.1, 0.15) is 0 Å². The van der Waals surface area contributed by atoms with Crippen LogP contribution in [0.2, 0.25) is 5.02 Å². The van der Waals surface area contributed by atoms with Crippen LogP contribution in [0.4, 0.5) is 18.9 Å². The number of hydrogen-bond donors (Lipinski definition) is 0. The number of benzene rings is 2. The number of methoxy groups -OCH3 is 2. The van der Waals surface area contributed by atoms with Crippen molar-refractivity contribution in [3.8, 4) is 11.5 Å². The van der Waals surface area contributed by atoms with Crippen molar-refractivity contribution in [2.24, 2.45) is 4.99 Å². The Morgan fingerprint density at radius 1 is 1.14 bits per heavy atom. The molecule has 2 aromatic carbocycles. The third-order valence-electron chi connectivity index (χ3n) is 5.62. The maximum Gasteiger partial charge on any atom is 0.416 e. The lowest BCUT2D eigenvalue weighted by atomic mass is 10.1. The Hall–Kier alpha value is -2.44. The van der Waals surface area contributed by atoms with Gasteiger partial charge in [0, 0.05) is 5.25 Å². The highest BCUT2D eigenvalue weighted by atomic mass is 35.5. The van der Waals surface area contributed by atoms with Gasteiger partial charge in [-0.3, -0.25) is 4.79 Å². The molecule has 13 heteroatoms. The second kappa shape index (κ2) is 9.55. The van der Waals surface area contributed by atoms with E-state index in [4.69, 9.17) is 21.1 Å². The number of sulfone groups is 1. The van der Waals surface area contributed by atoms with Gasteiger partial charge < -0.3 is 14.4 Å². The maximum atomic E-state index is 13.4. The van der Waals surface area contributed by atoms with E-state index in [2.05, 4.69) is 4.99 Å². The Balaban J connectivity index is 1.69. The highest BCUT2D eigenvalue weighted by Crippen LogP contribution is 2.44. The molecule has 2 aliphatic rings. The van der Waals surface area contributed by atoms with Crippen molar-refractivity contribution in [3.05, 3.63) is 52.5 Å². The van der Waals surface area contributed by atoms with Gasteiger partial charge in [-0.25, -0.2) is 8.42 Å². The van der Waals surface area contributed by atoms with Crippen LogP contribution < -0.4 is 14.4 Å². The average molecular weight is 549 g/mol. The molecule has 2 atom stereocenters. The van der Waals surface area contributed by atoms with Gasteiger partial charge in [-0.15, -0.1) is 0 Å². The van der Waals surface area contributed by atoms with E-state index in [-0.39, 0.29) is 33.8 Å². The third kappa shape index (κ3) is 5.39. The molecule has 0 spiro atoms. The number of thioether (sulfide) groups is 1. The van der Waals surface area contributed by atoms with Crippen molar-refractivity contribution < 1.29 is 35.9 Å². The minimum Gasteiger partial charge on any atom is -0.493 e. The summed E-state index contributed by atoms with van der Waals surface area (Å²) in [5.74, 6) is -0.0902. The molecule has 0 unspecified atom stereocenters. The fourth-order valence-electron chi connectivity index (χ4n) is 4.03. The molecule has 188 valence electrons. The van der Waals surface area contributed by atoms with E-state index in [0.717, 1.165) is 30.0 Å². The summed E-state index contributed by atoms with van der Waals surface area (Å²) in [5, 5.41) is -0.386. The number of rotatable bonds is 5. The van der Waals surface area contributed by atoms with E-state index in [1.165, 1.54) is 19.1 Å². The van der Waals surface area contributed by atoms with Gasteiger partial charge in [0.15, 0.2) is 26.5 Å². The molecule has 7 nitrogen and oxygen atoms in total. The number of carbonyl (C=O) groups is 1. The average Bonchev–Trinajstić information content (AvgIpc) is 3.23. The summed E-state index contributed by atoms with van der Waals surface area (Å²) in [5.41, 5.74) is -0.398. The first-order chi connectivity index (χ1) is 16.4. The van der Waals surface area contributed by atoms with Gasteiger partial charge in [-0.1, -0.05) is 29.4 Å². The summed E-state index contributed by atoms with van der Waals surface area (Å²) in [6.07, 6.45) is -4.74. The number of anilines is 1. The number of halogens is 4. The Kier molecular flexibility index (Phi) is 7.00. The molecule has 0 bridgehead atoms. The Labute approximate surface area is 209 Å². The number of alkyl halides is 3. The molecule has 35 heavy (non-hydrogen) atoms. The summed E-state index contributed by atoms with van der Waals surface area (Å²) in [6.45, 7) is 0. The lowest BCUT2D eigenvalue weighted by molar-refractivity contribution is -0.137. The smallest absolute Gasteiger partial charge is 0.416 e. The normalized spacial score (nSPS) is 22.3. The molecule has 2 aliphatic heterocycles. The predicted molar refractivity (Wildman–Crippen MR) is 128 cm³/mol. The minimum atomic E-state index is -4.63. The number of fused-ring (bicyclic) bond motifs is 1. The molecule has 0 N–H and O–H groups in total. The van der Waals surface area contributed by atoms with Crippen molar-refractivity contribution in [2.45, 2.75) is 23.9 Å². The monoisotopic (exact) mass is 548 g/mol. The molecule has 2 fully saturated rings. The van der Waals surface area contributed by atoms with Gasteiger partial charge in [0.05, 0.1) is 54.5 Å². The van der Waals surface area contributed by atoms with E-state index in [9.17, 15) is 26.4 Å². The fourth-order valence-corrected chi connectivity index (χ4v) is 8.16. The Morgan fingerprint density at radius 3 is 2.51 bits per heavy atom. The molecule has 0 radical (unpaired) electrons. The minimum absolute atomic E-state index is 0.0106. The van der Waals surface area contributed by atoms with E-state index < -0.39 is 38.8 Å². The topological polar surface area (TPSA) is 85.3 Å². The zero-order valence-corrected chi connectivity index (χ0v) is 20.9. The Bertz CT molecular complexity index is 1300. The predicted octanol–water partition coefficient (Wildman–Crippen LogP) is 4.22. The highest BCUT2D eigenvalue weighted by Gasteiger charge is 2.50. The Morgan fingerprint density at radius 2 is 1.86 bits per heavy atom. The molecule has 2 aromatic rings. The molecule has 0 aromatic heterocycles. The number of amidine groups is 1. The second-order valence-corrected chi connectivity index (χ2v) is 11.8. The molecule has 0 aliphatic carbocycles. The highest BCUT2D eigenvalue weighted by molar-refractivity contribution is 8.16.